The van der Waals surface area contributed by atoms with Crippen molar-refractivity contribution in [1.82, 2.24) is 25.1 Å². The minimum absolute atomic E-state index is 0. The normalized spacial score (nSPS) is 16.0. The number of tetrazole rings is 1. The maximum atomic E-state index is 4.51. The summed E-state index contributed by atoms with van der Waals surface area (Å²) in [5.41, 5.74) is 6.33. The molecule has 0 radical (unpaired) electrons. The van der Waals surface area contributed by atoms with Gasteiger partial charge in [-0.1, -0.05) is 42.0 Å². The van der Waals surface area contributed by atoms with E-state index in [0.717, 1.165) is 32.0 Å². The Morgan fingerprint density at radius 1 is 0.844 bits per heavy atom. The molecule has 7 heteroatoms. The van der Waals surface area contributed by atoms with E-state index < -0.39 is 0 Å². The van der Waals surface area contributed by atoms with Crippen molar-refractivity contribution in [2.24, 2.45) is 0 Å². The molecule has 2 heterocycles. The number of nitrogens with zero attached hydrogens (tertiary/aromatic N) is 6. The first-order valence-electron chi connectivity index (χ1n) is 11.2. The molecule has 1 unspecified atom stereocenters. The van der Waals surface area contributed by atoms with Crippen molar-refractivity contribution in [2.75, 3.05) is 31.1 Å². The zero-order chi connectivity index (χ0) is 22.2. The molecule has 32 heavy (non-hydrogen) atoms. The predicted molar refractivity (Wildman–Crippen MR) is 133 cm³/mol. The lowest BCUT2D eigenvalue weighted by atomic mass is 10.00. The van der Waals surface area contributed by atoms with Gasteiger partial charge in [-0.15, -0.1) is 17.5 Å². The van der Waals surface area contributed by atoms with Crippen LogP contribution in [0.4, 0.5) is 5.69 Å². The monoisotopic (exact) mass is 454 g/mol. The SMILES string of the molecule is Cc1ccc(C(c2nnnn2C(C)(C)C)N2CCN(c3cc(C)ccc3C)CC2)cc1.Cl. The second-order valence-electron chi connectivity index (χ2n) is 9.75. The summed E-state index contributed by atoms with van der Waals surface area (Å²) in [7, 11) is 0. The molecular weight excluding hydrogens is 420 g/mol. The van der Waals surface area contributed by atoms with E-state index >= 15 is 0 Å². The molecule has 3 aromatic rings. The molecule has 1 fully saturated rings. The van der Waals surface area contributed by atoms with Gasteiger partial charge in [0.1, 0.15) is 0 Å². The quantitative estimate of drug-likeness (QED) is 0.572. The number of rotatable bonds is 4. The summed E-state index contributed by atoms with van der Waals surface area (Å²) in [5.74, 6) is 0.913. The Balaban J connectivity index is 0.00000289. The van der Waals surface area contributed by atoms with Crippen molar-refractivity contribution in [3.8, 4) is 0 Å². The molecule has 0 bridgehead atoms. The highest BCUT2D eigenvalue weighted by atomic mass is 35.5. The zero-order valence-electron chi connectivity index (χ0n) is 20.0. The van der Waals surface area contributed by atoms with Crippen LogP contribution in [0, 0.1) is 20.8 Å². The number of hydrogen-bond donors (Lipinski definition) is 0. The largest absolute Gasteiger partial charge is 0.369 e. The standard InChI is InChI=1S/C25H34N6.ClH/c1-18-8-11-21(12-9-18)23(24-26-27-28-31(24)25(4,5)6)30-15-13-29(14-16-30)22-17-19(2)7-10-20(22)3;/h7-12,17,23H,13-16H2,1-6H3;1H. The molecular formula is C25H35ClN6. The highest BCUT2D eigenvalue weighted by molar-refractivity contribution is 5.85. The molecule has 1 atom stereocenters. The first kappa shape index (κ1) is 24.2. The van der Waals surface area contributed by atoms with Crippen LogP contribution in [0.25, 0.3) is 0 Å². The molecule has 0 spiro atoms. The molecule has 0 saturated carbocycles. The van der Waals surface area contributed by atoms with Crippen LogP contribution in [0.5, 0.6) is 0 Å². The smallest absolute Gasteiger partial charge is 0.173 e. The van der Waals surface area contributed by atoms with Gasteiger partial charge in [-0.05, 0) is 74.7 Å². The average Bonchev–Trinajstić information content (AvgIpc) is 3.22. The number of anilines is 1. The summed E-state index contributed by atoms with van der Waals surface area (Å²) >= 11 is 0. The third kappa shape index (κ3) is 4.97. The molecule has 0 aliphatic carbocycles. The molecule has 1 aliphatic heterocycles. The minimum atomic E-state index is -0.178. The summed E-state index contributed by atoms with van der Waals surface area (Å²) in [6.45, 7) is 16.8. The Hall–Kier alpha value is -2.44. The van der Waals surface area contributed by atoms with Crippen molar-refractivity contribution in [3.05, 3.63) is 70.5 Å². The van der Waals surface area contributed by atoms with Gasteiger partial charge in [-0.2, -0.15) is 0 Å². The van der Waals surface area contributed by atoms with Crippen LogP contribution in [0.15, 0.2) is 42.5 Å². The van der Waals surface area contributed by atoms with Gasteiger partial charge in [0.15, 0.2) is 5.82 Å². The summed E-state index contributed by atoms with van der Waals surface area (Å²) < 4.78 is 1.98. The van der Waals surface area contributed by atoms with Crippen LogP contribution in [-0.4, -0.2) is 51.3 Å². The number of aryl methyl sites for hydroxylation is 3. The van der Waals surface area contributed by atoms with Crippen LogP contribution in [0.1, 0.15) is 54.9 Å². The van der Waals surface area contributed by atoms with Crippen LogP contribution >= 0.6 is 12.4 Å². The Morgan fingerprint density at radius 3 is 2.09 bits per heavy atom. The number of benzene rings is 2. The van der Waals surface area contributed by atoms with Crippen molar-refractivity contribution >= 4 is 18.1 Å². The fourth-order valence-electron chi connectivity index (χ4n) is 4.40. The molecule has 0 N–H and O–H groups in total. The fraction of sp³-hybridized carbons (Fsp3) is 0.480. The van der Waals surface area contributed by atoms with Gasteiger partial charge >= 0.3 is 0 Å². The predicted octanol–water partition coefficient (Wildman–Crippen LogP) is 4.69. The number of aromatic nitrogens is 4. The average molecular weight is 455 g/mol. The summed E-state index contributed by atoms with van der Waals surface area (Å²) in [6.07, 6.45) is 0. The second kappa shape index (κ2) is 9.59. The van der Waals surface area contributed by atoms with Gasteiger partial charge < -0.3 is 4.90 Å². The van der Waals surface area contributed by atoms with E-state index in [1.165, 1.54) is 27.9 Å². The summed E-state index contributed by atoms with van der Waals surface area (Å²) in [6, 6.07) is 15.6. The van der Waals surface area contributed by atoms with Gasteiger partial charge in [0.05, 0.1) is 11.6 Å². The van der Waals surface area contributed by atoms with E-state index in [1.807, 2.05) is 4.68 Å². The molecule has 2 aromatic carbocycles. The van der Waals surface area contributed by atoms with E-state index in [1.54, 1.807) is 0 Å². The van der Waals surface area contributed by atoms with Crippen LogP contribution in [0.3, 0.4) is 0 Å². The maximum absolute atomic E-state index is 4.51. The zero-order valence-corrected chi connectivity index (χ0v) is 20.9. The molecule has 1 aliphatic rings. The van der Waals surface area contributed by atoms with E-state index in [4.69, 9.17) is 0 Å². The van der Waals surface area contributed by atoms with Gasteiger partial charge in [-0.25, -0.2) is 4.68 Å². The summed E-state index contributed by atoms with van der Waals surface area (Å²) in [5, 5.41) is 12.9. The van der Waals surface area contributed by atoms with Crippen LogP contribution in [0.2, 0.25) is 0 Å². The topological polar surface area (TPSA) is 50.1 Å². The Kier molecular flexibility index (Phi) is 7.25. The van der Waals surface area contributed by atoms with E-state index in [9.17, 15) is 0 Å². The van der Waals surface area contributed by atoms with E-state index in [0.29, 0.717) is 0 Å². The number of hydrogen-bond acceptors (Lipinski definition) is 5. The first-order chi connectivity index (χ1) is 14.7. The van der Waals surface area contributed by atoms with Gasteiger partial charge in [0, 0.05) is 31.9 Å². The Labute approximate surface area is 198 Å². The molecule has 172 valence electrons. The molecule has 1 saturated heterocycles. The maximum Gasteiger partial charge on any atom is 0.173 e. The van der Waals surface area contributed by atoms with Crippen LogP contribution < -0.4 is 4.90 Å². The van der Waals surface area contributed by atoms with Crippen molar-refractivity contribution in [1.29, 1.82) is 0 Å². The lowest BCUT2D eigenvalue weighted by molar-refractivity contribution is 0.191. The third-order valence-electron chi connectivity index (χ3n) is 6.15. The van der Waals surface area contributed by atoms with E-state index in [2.05, 4.69) is 109 Å². The van der Waals surface area contributed by atoms with Crippen molar-refractivity contribution in [2.45, 2.75) is 53.1 Å². The van der Waals surface area contributed by atoms with Crippen molar-refractivity contribution < 1.29 is 0 Å². The van der Waals surface area contributed by atoms with Crippen molar-refractivity contribution in [3.63, 3.8) is 0 Å². The highest BCUT2D eigenvalue weighted by Gasteiger charge is 2.33. The van der Waals surface area contributed by atoms with Gasteiger partial charge in [0.25, 0.3) is 0 Å². The lowest BCUT2D eigenvalue weighted by Crippen LogP contribution is -2.49. The molecule has 1 aromatic heterocycles. The number of halogens is 1. The fourth-order valence-corrected chi connectivity index (χ4v) is 4.40. The highest BCUT2D eigenvalue weighted by Crippen LogP contribution is 2.32. The minimum Gasteiger partial charge on any atom is -0.369 e. The van der Waals surface area contributed by atoms with Gasteiger partial charge in [0.2, 0.25) is 0 Å². The lowest BCUT2D eigenvalue weighted by Gasteiger charge is -2.41. The molecule has 6 nitrogen and oxygen atoms in total. The first-order valence-corrected chi connectivity index (χ1v) is 11.2. The van der Waals surface area contributed by atoms with Gasteiger partial charge in [-0.3, -0.25) is 4.90 Å². The summed E-state index contributed by atoms with van der Waals surface area (Å²) in [4.78, 5) is 5.04. The Morgan fingerprint density at radius 2 is 1.47 bits per heavy atom. The van der Waals surface area contributed by atoms with E-state index in [-0.39, 0.29) is 24.0 Å². The molecule has 0 amide bonds. The Bertz CT molecular complexity index is 1030. The third-order valence-corrected chi connectivity index (χ3v) is 6.15. The molecule has 4 rings (SSSR count). The second-order valence-corrected chi connectivity index (χ2v) is 9.75. The number of piperazine rings is 1. The van der Waals surface area contributed by atoms with Crippen LogP contribution in [-0.2, 0) is 5.54 Å².